The number of benzene rings is 2. The molecule has 1 aliphatic heterocycles. The highest BCUT2D eigenvalue weighted by Crippen LogP contribution is 2.22. The van der Waals surface area contributed by atoms with Crippen LogP contribution >= 0.6 is 23.2 Å². The highest BCUT2D eigenvalue weighted by Gasteiger charge is 2.11. The molecule has 0 aliphatic carbocycles. The van der Waals surface area contributed by atoms with Crippen molar-refractivity contribution in [2.75, 3.05) is 31.2 Å². The Morgan fingerprint density at radius 2 is 1.75 bits per heavy atom. The summed E-state index contributed by atoms with van der Waals surface area (Å²) < 4.78 is 5.36. The number of hydrogen-bond acceptors (Lipinski definition) is 3. The smallest absolute Gasteiger partial charge is 0.187 e. The minimum atomic E-state index is -0.167. The number of allylic oxidation sites excluding steroid dienone is 1. The Labute approximate surface area is 151 Å². The van der Waals surface area contributed by atoms with Crippen molar-refractivity contribution in [1.82, 2.24) is 0 Å². The second-order valence-corrected chi connectivity index (χ2v) is 6.36. The van der Waals surface area contributed by atoms with Crippen molar-refractivity contribution < 1.29 is 9.53 Å². The first kappa shape index (κ1) is 17.0. The third kappa shape index (κ3) is 4.18. The van der Waals surface area contributed by atoms with E-state index in [0.29, 0.717) is 15.6 Å². The van der Waals surface area contributed by atoms with E-state index in [1.54, 1.807) is 24.3 Å². The van der Waals surface area contributed by atoms with Crippen molar-refractivity contribution in [2.45, 2.75) is 0 Å². The van der Waals surface area contributed by atoms with Crippen molar-refractivity contribution in [3.63, 3.8) is 0 Å². The Kier molecular flexibility index (Phi) is 5.56. The summed E-state index contributed by atoms with van der Waals surface area (Å²) in [6.45, 7) is 3.33. The van der Waals surface area contributed by atoms with Gasteiger partial charge in [0.1, 0.15) is 0 Å². The number of anilines is 1. The first-order chi connectivity index (χ1) is 11.6. The first-order valence-electron chi connectivity index (χ1n) is 7.74. The van der Waals surface area contributed by atoms with Crippen LogP contribution in [0, 0.1) is 0 Å². The zero-order chi connectivity index (χ0) is 16.9. The molecule has 3 nitrogen and oxygen atoms in total. The van der Waals surface area contributed by atoms with Crippen LogP contribution in [0.5, 0.6) is 0 Å². The molecule has 24 heavy (non-hydrogen) atoms. The van der Waals surface area contributed by atoms with E-state index in [2.05, 4.69) is 17.0 Å². The Morgan fingerprint density at radius 1 is 1.04 bits per heavy atom. The van der Waals surface area contributed by atoms with Crippen LogP contribution in [-0.2, 0) is 4.74 Å². The predicted octanol–water partition coefficient (Wildman–Crippen LogP) is 4.73. The van der Waals surface area contributed by atoms with Gasteiger partial charge in [-0.25, -0.2) is 0 Å². The Balaban J connectivity index is 1.70. The summed E-state index contributed by atoms with van der Waals surface area (Å²) in [5.41, 5.74) is 2.53. The molecule has 0 radical (unpaired) electrons. The lowest BCUT2D eigenvalue weighted by molar-refractivity contribution is 0.104. The van der Waals surface area contributed by atoms with Gasteiger partial charge in [-0.15, -0.1) is 0 Å². The summed E-state index contributed by atoms with van der Waals surface area (Å²) in [7, 11) is 0. The summed E-state index contributed by atoms with van der Waals surface area (Å²) in [6, 6.07) is 13.0. The van der Waals surface area contributed by atoms with Crippen molar-refractivity contribution in [3.05, 3.63) is 69.7 Å². The minimum Gasteiger partial charge on any atom is -0.378 e. The third-order valence-corrected chi connectivity index (χ3v) is 4.46. The number of halogens is 2. The molecule has 5 heteroatoms. The topological polar surface area (TPSA) is 29.5 Å². The van der Waals surface area contributed by atoms with E-state index < -0.39 is 0 Å². The van der Waals surface area contributed by atoms with Gasteiger partial charge in [-0.2, -0.15) is 0 Å². The van der Waals surface area contributed by atoms with Gasteiger partial charge in [-0.1, -0.05) is 41.4 Å². The number of ketones is 1. The van der Waals surface area contributed by atoms with Crippen molar-refractivity contribution in [1.29, 1.82) is 0 Å². The van der Waals surface area contributed by atoms with Crippen LogP contribution < -0.4 is 4.90 Å². The molecule has 0 aromatic heterocycles. The molecule has 3 rings (SSSR count). The molecule has 0 bridgehead atoms. The zero-order valence-electron chi connectivity index (χ0n) is 13.0. The van der Waals surface area contributed by atoms with Gasteiger partial charge in [0.05, 0.1) is 18.2 Å². The van der Waals surface area contributed by atoms with E-state index >= 15 is 0 Å². The van der Waals surface area contributed by atoms with Crippen LogP contribution in [-0.4, -0.2) is 32.1 Å². The van der Waals surface area contributed by atoms with Crippen LogP contribution in [0.15, 0.2) is 48.5 Å². The molecular weight excluding hydrogens is 345 g/mol. The number of hydrogen-bond donors (Lipinski definition) is 0. The summed E-state index contributed by atoms with van der Waals surface area (Å²) >= 11 is 12.0. The number of carbonyl (C=O) groups is 1. The van der Waals surface area contributed by atoms with Crippen molar-refractivity contribution in [2.24, 2.45) is 0 Å². The van der Waals surface area contributed by atoms with Crippen LogP contribution in [0.2, 0.25) is 10.0 Å². The summed E-state index contributed by atoms with van der Waals surface area (Å²) in [5.74, 6) is -0.167. The molecule has 0 unspecified atom stereocenters. The van der Waals surface area contributed by atoms with Crippen LogP contribution in [0.1, 0.15) is 15.9 Å². The molecule has 1 aliphatic rings. The maximum absolute atomic E-state index is 12.3. The van der Waals surface area contributed by atoms with Gasteiger partial charge in [-0.05, 0) is 42.0 Å². The van der Waals surface area contributed by atoms with Gasteiger partial charge in [0.15, 0.2) is 5.78 Å². The summed E-state index contributed by atoms with van der Waals surface area (Å²) in [6.07, 6.45) is 3.30. The zero-order valence-corrected chi connectivity index (χ0v) is 14.6. The quantitative estimate of drug-likeness (QED) is 0.582. The Hall–Kier alpha value is -1.81. The maximum Gasteiger partial charge on any atom is 0.187 e. The molecule has 0 N–H and O–H groups in total. The van der Waals surface area contributed by atoms with E-state index in [4.69, 9.17) is 27.9 Å². The lowest BCUT2D eigenvalue weighted by Crippen LogP contribution is -2.36. The van der Waals surface area contributed by atoms with Crippen LogP contribution in [0.3, 0.4) is 0 Å². The fraction of sp³-hybridized carbons (Fsp3) is 0.211. The molecule has 0 spiro atoms. The molecule has 1 heterocycles. The largest absolute Gasteiger partial charge is 0.378 e. The van der Waals surface area contributed by atoms with Gasteiger partial charge in [0, 0.05) is 29.4 Å². The predicted molar refractivity (Wildman–Crippen MR) is 99.3 cm³/mol. The average molecular weight is 362 g/mol. The van der Waals surface area contributed by atoms with Crippen LogP contribution in [0.25, 0.3) is 6.08 Å². The number of carbonyl (C=O) groups excluding carboxylic acids is 1. The van der Waals surface area contributed by atoms with Gasteiger partial charge in [0.2, 0.25) is 0 Å². The lowest BCUT2D eigenvalue weighted by Gasteiger charge is -2.28. The van der Waals surface area contributed by atoms with Gasteiger partial charge in [-0.3, -0.25) is 4.79 Å². The van der Waals surface area contributed by atoms with E-state index in [1.165, 1.54) is 11.8 Å². The molecular formula is C19H17Cl2NO2. The molecule has 2 aromatic rings. The fourth-order valence-electron chi connectivity index (χ4n) is 2.57. The summed E-state index contributed by atoms with van der Waals surface area (Å²) in [4.78, 5) is 14.5. The lowest BCUT2D eigenvalue weighted by atomic mass is 10.1. The fourth-order valence-corrected chi connectivity index (χ4v) is 2.95. The number of rotatable bonds is 4. The Morgan fingerprint density at radius 3 is 2.46 bits per heavy atom. The molecule has 124 valence electrons. The van der Waals surface area contributed by atoms with Gasteiger partial charge in [0.25, 0.3) is 0 Å². The van der Waals surface area contributed by atoms with Gasteiger partial charge >= 0.3 is 0 Å². The van der Waals surface area contributed by atoms with E-state index in [-0.39, 0.29) is 5.78 Å². The molecule has 1 fully saturated rings. The standard InChI is InChI=1S/C19H17Cl2NO2/c20-15-4-7-18(21)17(13-15)19(23)8-3-14-1-5-16(6-2-14)22-9-11-24-12-10-22/h1-8,13H,9-12H2/b8-3+. The minimum absolute atomic E-state index is 0.167. The van der Waals surface area contributed by atoms with E-state index in [1.807, 2.05) is 12.1 Å². The first-order valence-corrected chi connectivity index (χ1v) is 8.49. The number of morpholine rings is 1. The molecule has 0 atom stereocenters. The number of nitrogens with zero attached hydrogens (tertiary/aromatic N) is 1. The Bertz CT molecular complexity index is 750. The van der Waals surface area contributed by atoms with E-state index in [0.717, 1.165) is 31.9 Å². The van der Waals surface area contributed by atoms with Crippen molar-refractivity contribution in [3.8, 4) is 0 Å². The number of ether oxygens (including phenoxy) is 1. The normalized spacial score (nSPS) is 15.0. The third-order valence-electron chi connectivity index (χ3n) is 3.89. The van der Waals surface area contributed by atoms with Gasteiger partial charge < -0.3 is 9.64 Å². The second kappa shape index (κ2) is 7.84. The SMILES string of the molecule is O=C(/C=C/c1ccc(N2CCOCC2)cc1)c1cc(Cl)ccc1Cl. The van der Waals surface area contributed by atoms with E-state index in [9.17, 15) is 4.79 Å². The summed E-state index contributed by atoms with van der Waals surface area (Å²) in [5, 5.41) is 0.891. The molecule has 1 saturated heterocycles. The molecule has 0 amide bonds. The highest BCUT2D eigenvalue weighted by molar-refractivity contribution is 6.36. The average Bonchev–Trinajstić information content (AvgIpc) is 2.63. The molecule has 2 aromatic carbocycles. The maximum atomic E-state index is 12.3. The molecule has 0 saturated carbocycles. The van der Waals surface area contributed by atoms with Crippen molar-refractivity contribution >= 4 is 40.7 Å². The second-order valence-electron chi connectivity index (χ2n) is 5.51. The highest BCUT2D eigenvalue weighted by atomic mass is 35.5. The van der Waals surface area contributed by atoms with Crippen LogP contribution in [0.4, 0.5) is 5.69 Å². The monoisotopic (exact) mass is 361 g/mol.